The number of hydrogen-bond acceptors (Lipinski definition) is 3. The Kier molecular flexibility index (Phi) is 5.20. The van der Waals surface area contributed by atoms with E-state index < -0.39 is 11.4 Å². The second kappa shape index (κ2) is 6.73. The predicted molar refractivity (Wildman–Crippen MR) is 84.0 cm³/mol. The fourth-order valence-electron chi connectivity index (χ4n) is 3.04. The molecule has 0 saturated heterocycles. The van der Waals surface area contributed by atoms with Crippen LogP contribution < -0.4 is 0 Å². The average Bonchev–Trinajstić information content (AvgIpc) is 3.21. The van der Waals surface area contributed by atoms with Crippen LogP contribution in [0.5, 0.6) is 0 Å². The third-order valence-corrected chi connectivity index (χ3v) is 4.25. The quantitative estimate of drug-likeness (QED) is 0.560. The van der Waals surface area contributed by atoms with Crippen LogP contribution in [-0.4, -0.2) is 29.7 Å². The summed E-state index contributed by atoms with van der Waals surface area (Å²) in [6.45, 7) is 8.91. The molecule has 116 valence electrons. The van der Waals surface area contributed by atoms with Gasteiger partial charge in [0, 0.05) is 19.6 Å². The van der Waals surface area contributed by atoms with E-state index in [4.69, 9.17) is 9.47 Å². The van der Waals surface area contributed by atoms with E-state index in [1.807, 2.05) is 32.0 Å². The van der Waals surface area contributed by atoms with Crippen LogP contribution in [0.1, 0.15) is 32.3 Å². The molecule has 2 atom stereocenters. The maximum atomic E-state index is 10.9. The zero-order chi connectivity index (χ0) is 15.3. The third-order valence-electron chi connectivity index (χ3n) is 4.25. The molecule has 0 amide bonds. The Hall–Kier alpha value is -1.16. The molecule has 0 aliphatic heterocycles. The first kappa shape index (κ1) is 16.2. The molecule has 0 radical (unpaired) electrons. The van der Waals surface area contributed by atoms with Gasteiger partial charge in [0.05, 0.1) is 11.5 Å². The lowest BCUT2D eigenvalue weighted by molar-refractivity contribution is -0.185. The normalized spacial score (nSPS) is 22.5. The Balaban J connectivity index is 2.02. The first-order valence-corrected chi connectivity index (χ1v) is 7.78. The van der Waals surface area contributed by atoms with E-state index in [2.05, 4.69) is 18.7 Å². The summed E-state index contributed by atoms with van der Waals surface area (Å²) in [7, 11) is 0. The van der Waals surface area contributed by atoms with E-state index in [9.17, 15) is 5.11 Å². The summed E-state index contributed by atoms with van der Waals surface area (Å²) >= 11 is 0. The molecular formula is C18H26O3. The Morgan fingerprint density at radius 2 is 1.90 bits per heavy atom. The molecule has 1 aromatic carbocycles. The van der Waals surface area contributed by atoms with Crippen molar-refractivity contribution in [3.63, 3.8) is 0 Å². The van der Waals surface area contributed by atoms with Gasteiger partial charge in [-0.05, 0) is 32.3 Å². The lowest BCUT2D eigenvalue weighted by Gasteiger charge is -2.28. The Morgan fingerprint density at radius 3 is 2.43 bits per heavy atom. The molecule has 0 aromatic heterocycles. The zero-order valence-corrected chi connectivity index (χ0v) is 13.0. The minimum atomic E-state index is -0.944. The van der Waals surface area contributed by atoms with E-state index in [1.54, 1.807) is 6.08 Å². The maximum Gasteiger partial charge on any atom is 0.174 e. The van der Waals surface area contributed by atoms with Crippen molar-refractivity contribution in [1.82, 2.24) is 0 Å². The van der Waals surface area contributed by atoms with Crippen LogP contribution in [0, 0.1) is 5.92 Å². The molecule has 21 heavy (non-hydrogen) atoms. The number of benzene rings is 1. The number of aliphatic hydroxyl groups is 1. The van der Waals surface area contributed by atoms with Crippen LogP contribution in [0.25, 0.3) is 0 Å². The average molecular weight is 290 g/mol. The largest absolute Gasteiger partial charge is 0.385 e. The molecule has 0 heterocycles. The Bertz CT molecular complexity index is 451. The van der Waals surface area contributed by atoms with Gasteiger partial charge in [-0.25, -0.2) is 0 Å². The summed E-state index contributed by atoms with van der Waals surface area (Å²) in [5.74, 6) is -0.658. The van der Waals surface area contributed by atoms with Gasteiger partial charge in [0.25, 0.3) is 0 Å². The molecule has 1 saturated carbocycles. The van der Waals surface area contributed by atoms with Crippen molar-refractivity contribution < 1.29 is 14.6 Å². The van der Waals surface area contributed by atoms with Crippen LogP contribution in [0.3, 0.4) is 0 Å². The van der Waals surface area contributed by atoms with Gasteiger partial charge in [0.2, 0.25) is 0 Å². The lowest BCUT2D eigenvalue weighted by Crippen LogP contribution is -2.36. The minimum Gasteiger partial charge on any atom is -0.385 e. The molecule has 1 N–H and O–H groups in total. The molecule has 3 nitrogen and oxygen atoms in total. The summed E-state index contributed by atoms with van der Waals surface area (Å²) < 4.78 is 11.5. The van der Waals surface area contributed by atoms with Crippen LogP contribution in [0.4, 0.5) is 0 Å². The van der Waals surface area contributed by atoms with E-state index in [0.29, 0.717) is 19.6 Å². The van der Waals surface area contributed by atoms with Crippen LogP contribution in [0.2, 0.25) is 0 Å². The van der Waals surface area contributed by atoms with E-state index in [1.165, 1.54) is 5.56 Å². The highest BCUT2D eigenvalue weighted by Crippen LogP contribution is 2.55. The first-order chi connectivity index (χ1) is 10.1. The highest BCUT2D eigenvalue weighted by Gasteiger charge is 2.64. The van der Waals surface area contributed by atoms with Gasteiger partial charge < -0.3 is 14.6 Å². The van der Waals surface area contributed by atoms with Crippen molar-refractivity contribution in [1.29, 1.82) is 0 Å². The van der Waals surface area contributed by atoms with Gasteiger partial charge in [-0.15, -0.1) is 6.58 Å². The van der Waals surface area contributed by atoms with Crippen molar-refractivity contribution in [3.8, 4) is 0 Å². The van der Waals surface area contributed by atoms with Crippen molar-refractivity contribution in [3.05, 3.63) is 48.6 Å². The van der Waals surface area contributed by atoms with E-state index in [0.717, 1.165) is 12.8 Å². The fraction of sp³-hybridized carbons (Fsp3) is 0.556. The topological polar surface area (TPSA) is 38.7 Å². The highest BCUT2D eigenvalue weighted by molar-refractivity contribution is 5.19. The van der Waals surface area contributed by atoms with E-state index in [-0.39, 0.29) is 5.92 Å². The monoisotopic (exact) mass is 290 g/mol. The number of rotatable bonds is 9. The van der Waals surface area contributed by atoms with Crippen LogP contribution in [0.15, 0.2) is 43.0 Å². The number of hydrogen-bond donors (Lipinski definition) is 1. The third kappa shape index (κ3) is 3.54. The molecule has 0 bridgehead atoms. The molecular weight excluding hydrogens is 264 g/mol. The van der Waals surface area contributed by atoms with Crippen molar-refractivity contribution in [2.75, 3.05) is 13.2 Å². The molecule has 2 rings (SSSR count). The van der Waals surface area contributed by atoms with Gasteiger partial charge in [-0.1, -0.05) is 36.4 Å². The predicted octanol–water partition coefficient (Wildman–Crippen LogP) is 3.33. The van der Waals surface area contributed by atoms with Crippen molar-refractivity contribution in [2.45, 2.75) is 44.5 Å². The van der Waals surface area contributed by atoms with E-state index >= 15 is 0 Å². The maximum absolute atomic E-state index is 10.9. The molecule has 2 unspecified atom stereocenters. The SMILES string of the molecule is C=CC(O)(CCc1ccccc1)C1CC1(OCC)OCC. The molecule has 3 heteroatoms. The molecule has 0 spiro atoms. The van der Waals surface area contributed by atoms with Crippen molar-refractivity contribution in [2.24, 2.45) is 5.92 Å². The summed E-state index contributed by atoms with van der Waals surface area (Å²) in [5, 5.41) is 10.9. The first-order valence-electron chi connectivity index (χ1n) is 7.78. The van der Waals surface area contributed by atoms with Gasteiger partial charge in [-0.2, -0.15) is 0 Å². The lowest BCUT2D eigenvalue weighted by atomic mass is 9.89. The Labute approximate surface area is 127 Å². The highest BCUT2D eigenvalue weighted by atomic mass is 16.7. The van der Waals surface area contributed by atoms with Gasteiger partial charge in [0.1, 0.15) is 0 Å². The van der Waals surface area contributed by atoms with Gasteiger partial charge >= 0.3 is 0 Å². The molecule has 1 aromatic rings. The Morgan fingerprint density at radius 1 is 1.29 bits per heavy atom. The summed E-state index contributed by atoms with van der Waals surface area (Å²) in [6, 6.07) is 10.2. The van der Waals surface area contributed by atoms with Crippen molar-refractivity contribution >= 4 is 0 Å². The molecule has 1 aliphatic carbocycles. The van der Waals surface area contributed by atoms with Gasteiger partial charge in [0.15, 0.2) is 5.79 Å². The summed E-state index contributed by atoms with van der Waals surface area (Å²) in [4.78, 5) is 0. The minimum absolute atomic E-state index is 0.0360. The number of ether oxygens (including phenoxy) is 2. The van der Waals surface area contributed by atoms with Crippen LogP contribution in [-0.2, 0) is 15.9 Å². The summed E-state index contributed by atoms with van der Waals surface area (Å²) in [5.41, 5.74) is 0.275. The zero-order valence-electron chi connectivity index (χ0n) is 13.0. The standard InChI is InChI=1S/C18H26O3/c1-4-17(19,13-12-15-10-8-7-9-11-15)16-14-18(16,20-5-2)21-6-3/h4,7-11,16,19H,1,5-6,12-14H2,2-3H3. The number of aryl methyl sites for hydroxylation is 1. The summed E-state index contributed by atoms with van der Waals surface area (Å²) in [6.07, 6.45) is 3.83. The fourth-order valence-corrected chi connectivity index (χ4v) is 3.04. The smallest absolute Gasteiger partial charge is 0.174 e. The second-order valence-electron chi connectivity index (χ2n) is 5.62. The molecule has 1 aliphatic rings. The van der Waals surface area contributed by atoms with Gasteiger partial charge in [-0.3, -0.25) is 0 Å². The second-order valence-corrected chi connectivity index (χ2v) is 5.62. The van der Waals surface area contributed by atoms with Crippen LogP contribution >= 0.6 is 0 Å². The molecule has 1 fully saturated rings.